The molecular weight excluding hydrogens is 340 g/mol. The van der Waals surface area contributed by atoms with E-state index in [0.717, 1.165) is 25.0 Å². The monoisotopic (exact) mass is 368 g/mol. The summed E-state index contributed by atoms with van der Waals surface area (Å²) >= 11 is 0. The predicted octanol–water partition coefficient (Wildman–Crippen LogP) is 3.00. The largest absolute Gasteiger partial charge is 0.490 e. The molecule has 0 aliphatic carbocycles. The Bertz CT molecular complexity index is 864. The Hall–Kier alpha value is -2.56. The lowest BCUT2D eigenvalue weighted by atomic mass is 10.0. The smallest absolute Gasteiger partial charge is 0.254 e. The molecule has 1 aromatic heterocycles. The molecule has 5 nitrogen and oxygen atoms in total. The standard InChI is InChI=1S/C22H28N2O3/c1-16-6-4-5-7-18(16)8-9-21(25)24-12-10-19(11-13-24)27-20-14-17(2)23(3)22(26)15-20/h4-7,14-15,19H,8-13H2,1-3H3. The molecule has 1 fully saturated rings. The predicted molar refractivity (Wildman–Crippen MR) is 106 cm³/mol. The van der Waals surface area contributed by atoms with E-state index < -0.39 is 0 Å². The summed E-state index contributed by atoms with van der Waals surface area (Å²) in [5.41, 5.74) is 3.29. The average molecular weight is 368 g/mol. The molecule has 2 heterocycles. The molecule has 0 radical (unpaired) electrons. The first kappa shape index (κ1) is 19.2. The molecule has 2 aromatic rings. The highest BCUT2D eigenvalue weighted by molar-refractivity contribution is 5.76. The maximum atomic E-state index is 12.5. The molecule has 0 unspecified atom stereocenters. The van der Waals surface area contributed by atoms with Crippen molar-refractivity contribution in [1.29, 1.82) is 0 Å². The van der Waals surface area contributed by atoms with Crippen LogP contribution in [0.5, 0.6) is 5.75 Å². The van der Waals surface area contributed by atoms with Gasteiger partial charge in [-0.15, -0.1) is 0 Å². The first-order valence-electron chi connectivity index (χ1n) is 9.60. The molecule has 0 bridgehead atoms. The zero-order chi connectivity index (χ0) is 19.4. The van der Waals surface area contributed by atoms with Gasteiger partial charge in [0.25, 0.3) is 5.56 Å². The van der Waals surface area contributed by atoms with E-state index in [1.54, 1.807) is 11.6 Å². The molecule has 3 rings (SSSR count). The van der Waals surface area contributed by atoms with Crippen molar-refractivity contribution in [2.24, 2.45) is 7.05 Å². The third kappa shape index (κ3) is 4.79. The van der Waals surface area contributed by atoms with Crippen molar-refractivity contribution in [3.05, 3.63) is 63.6 Å². The third-order valence-electron chi connectivity index (χ3n) is 5.44. The van der Waals surface area contributed by atoms with Crippen molar-refractivity contribution >= 4 is 5.91 Å². The molecular formula is C22H28N2O3. The lowest BCUT2D eigenvalue weighted by Crippen LogP contribution is -2.42. The van der Waals surface area contributed by atoms with Crippen LogP contribution in [0.15, 0.2) is 41.2 Å². The Morgan fingerprint density at radius 2 is 1.85 bits per heavy atom. The SMILES string of the molecule is Cc1ccccc1CCC(=O)N1CCC(Oc2cc(C)n(C)c(=O)c2)CC1. The van der Waals surface area contributed by atoms with Crippen molar-refractivity contribution in [2.45, 2.75) is 45.6 Å². The van der Waals surface area contributed by atoms with Gasteiger partial charge in [0.2, 0.25) is 5.91 Å². The molecule has 5 heteroatoms. The average Bonchev–Trinajstić information content (AvgIpc) is 2.66. The highest BCUT2D eigenvalue weighted by Crippen LogP contribution is 2.20. The summed E-state index contributed by atoms with van der Waals surface area (Å²) in [7, 11) is 1.75. The first-order chi connectivity index (χ1) is 12.9. The number of hydrogen-bond donors (Lipinski definition) is 0. The number of carbonyl (C=O) groups is 1. The number of aryl methyl sites for hydroxylation is 3. The topological polar surface area (TPSA) is 51.5 Å². The molecule has 1 saturated heterocycles. The van der Waals surface area contributed by atoms with Crippen LogP contribution < -0.4 is 10.3 Å². The molecule has 0 saturated carbocycles. The van der Waals surface area contributed by atoms with Crippen LogP contribution in [0, 0.1) is 13.8 Å². The Morgan fingerprint density at radius 3 is 2.52 bits per heavy atom. The second-order valence-electron chi connectivity index (χ2n) is 7.35. The van der Waals surface area contributed by atoms with Crippen LogP contribution in [0.25, 0.3) is 0 Å². The van der Waals surface area contributed by atoms with Gasteiger partial charge < -0.3 is 14.2 Å². The van der Waals surface area contributed by atoms with Crippen LogP contribution in [0.2, 0.25) is 0 Å². The number of hydrogen-bond acceptors (Lipinski definition) is 3. The van der Waals surface area contributed by atoms with E-state index in [1.807, 2.05) is 30.0 Å². The van der Waals surface area contributed by atoms with E-state index in [0.29, 0.717) is 25.3 Å². The van der Waals surface area contributed by atoms with E-state index in [4.69, 9.17) is 4.74 Å². The molecule has 1 aliphatic heterocycles. The van der Waals surface area contributed by atoms with Gasteiger partial charge >= 0.3 is 0 Å². The summed E-state index contributed by atoms with van der Waals surface area (Å²) in [6.07, 6.45) is 2.98. The van der Waals surface area contributed by atoms with Crippen LogP contribution in [0.3, 0.4) is 0 Å². The number of likely N-dealkylation sites (tertiary alicyclic amines) is 1. The molecule has 0 N–H and O–H groups in total. The summed E-state index contributed by atoms with van der Waals surface area (Å²) in [5, 5.41) is 0. The van der Waals surface area contributed by atoms with Gasteiger partial charge in [-0.2, -0.15) is 0 Å². The van der Waals surface area contributed by atoms with Crippen LogP contribution in [-0.4, -0.2) is 34.6 Å². The van der Waals surface area contributed by atoms with Crippen molar-refractivity contribution in [2.75, 3.05) is 13.1 Å². The normalized spacial score (nSPS) is 15.0. The minimum Gasteiger partial charge on any atom is -0.490 e. The van der Waals surface area contributed by atoms with E-state index in [-0.39, 0.29) is 17.6 Å². The van der Waals surface area contributed by atoms with Gasteiger partial charge in [0, 0.05) is 51.2 Å². The molecule has 27 heavy (non-hydrogen) atoms. The summed E-state index contributed by atoms with van der Waals surface area (Å²) in [4.78, 5) is 26.3. The quantitative estimate of drug-likeness (QED) is 0.815. The fraction of sp³-hybridized carbons (Fsp3) is 0.455. The van der Waals surface area contributed by atoms with Crippen molar-refractivity contribution < 1.29 is 9.53 Å². The maximum absolute atomic E-state index is 12.5. The van der Waals surface area contributed by atoms with Crippen molar-refractivity contribution in [3.63, 3.8) is 0 Å². The summed E-state index contributed by atoms with van der Waals surface area (Å²) < 4.78 is 7.59. The molecule has 0 spiro atoms. The third-order valence-corrected chi connectivity index (χ3v) is 5.44. The fourth-order valence-corrected chi connectivity index (χ4v) is 3.51. The van der Waals surface area contributed by atoms with Crippen LogP contribution in [0.1, 0.15) is 36.1 Å². The summed E-state index contributed by atoms with van der Waals surface area (Å²) in [6.45, 7) is 5.40. The Morgan fingerprint density at radius 1 is 1.15 bits per heavy atom. The Balaban J connectivity index is 1.49. The number of amides is 1. The van der Waals surface area contributed by atoms with Gasteiger partial charge in [-0.25, -0.2) is 0 Å². The Kier molecular flexibility index (Phi) is 5.99. The summed E-state index contributed by atoms with van der Waals surface area (Å²) in [6, 6.07) is 11.6. The number of benzene rings is 1. The number of ether oxygens (including phenoxy) is 1. The minimum atomic E-state index is -0.0613. The van der Waals surface area contributed by atoms with Crippen LogP contribution >= 0.6 is 0 Å². The van der Waals surface area contributed by atoms with Gasteiger partial charge in [-0.1, -0.05) is 24.3 Å². The molecule has 0 atom stereocenters. The lowest BCUT2D eigenvalue weighted by Gasteiger charge is -2.32. The fourth-order valence-electron chi connectivity index (χ4n) is 3.51. The number of pyridine rings is 1. The minimum absolute atomic E-state index is 0.0527. The van der Waals surface area contributed by atoms with Crippen molar-refractivity contribution in [1.82, 2.24) is 9.47 Å². The number of nitrogens with zero attached hydrogens (tertiary/aromatic N) is 2. The molecule has 144 valence electrons. The van der Waals surface area contributed by atoms with Gasteiger partial charge in [-0.05, 0) is 37.5 Å². The highest BCUT2D eigenvalue weighted by Gasteiger charge is 2.24. The first-order valence-corrected chi connectivity index (χ1v) is 9.60. The van der Waals surface area contributed by atoms with E-state index in [9.17, 15) is 9.59 Å². The van der Waals surface area contributed by atoms with Crippen LogP contribution in [0.4, 0.5) is 0 Å². The zero-order valence-corrected chi connectivity index (χ0v) is 16.4. The second kappa shape index (κ2) is 8.42. The number of aromatic nitrogens is 1. The maximum Gasteiger partial charge on any atom is 0.254 e. The van der Waals surface area contributed by atoms with Crippen LogP contribution in [-0.2, 0) is 18.3 Å². The number of piperidine rings is 1. The van der Waals surface area contributed by atoms with Gasteiger partial charge in [0.15, 0.2) is 0 Å². The summed E-state index contributed by atoms with van der Waals surface area (Å²) in [5.74, 6) is 0.834. The van der Waals surface area contributed by atoms with E-state index >= 15 is 0 Å². The lowest BCUT2D eigenvalue weighted by molar-refractivity contribution is -0.132. The number of carbonyl (C=O) groups excluding carboxylic acids is 1. The Labute approximate surface area is 160 Å². The van der Waals surface area contributed by atoms with Gasteiger partial charge in [0.1, 0.15) is 11.9 Å². The molecule has 1 amide bonds. The van der Waals surface area contributed by atoms with Gasteiger partial charge in [0.05, 0.1) is 0 Å². The zero-order valence-electron chi connectivity index (χ0n) is 16.4. The second-order valence-corrected chi connectivity index (χ2v) is 7.35. The van der Waals surface area contributed by atoms with E-state index in [2.05, 4.69) is 19.1 Å². The van der Waals surface area contributed by atoms with E-state index in [1.165, 1.54) is 17.2 Å². The highest BCUT2D eigenvalue weighted by atomic mass is 16.5. The molecule has 1 aromatic carbocycles. The molecule has 1 aliphatic rings. The number of rotatable bonds is 5. The van der Waals surface area contributed by atoms with Gasteiger partial charge in [-0.3, -0.25) is 9.59 Å². The van der Waals surface area contributed by atoms with Crippen molar-refractivity contribution in [3.8, 4) is 5.75 Å².